The summed E-state index contributed by atoms with van der Waals surface area (Å²) in [7, 11) is 0. The number of amides is 1. The number of carbonyl (C=O) groups is 1. The van der Waals surface area contributed by atoms with Gasteiger partial charge in [-0.15, -0.1) is 0 Å². The van der Waals surface area contributed by atoms with E-state index in [1.807, 2.05) is 62.4 Å². The third-order valence-electron chi connectivity index (χ3n) is 5.42. The van der Waals surface area contributed by atoms with Crippen molar-refractivity contribution >= 4 is 50.0 Å². The average Bonchev–Trinajstić information content (AvgIpc) is 2.76. The summed E-state index contributed by atoms with van der Waals surface area (Å²) in [5.41, 5.74) is 7.07. The largest absolute Gasteiger partial charge is 0.322 e. The molecule has 0 aliphatic carbocycles. The zero-order valence-electron chi connectivity index (χ0n) is 17.6. The number of fused-ring (bicyclic) bond motifs is 1. The Morgan fingerprint density at radius 1 is 1.00 bits per heavy atom. The van der Waals surface area contributed by atoms with E-state index in [1.54, 1.807) is 0 Å². The van der Waals surface area contributed by atoms with Gasteiger partial charge in [-0.05, 0) is 79.4 Å². The molecule has 156 valence electrons. The molecular weight excluding hydrogens is 472 g/mol. The lowest BCUT2D eigenvalue weighted by Gasteiger charge is -2.14. The lowest BCUT2D eigenvalue weighted by atomic mass is 10.0. The highest BCUT2D eigenvalue weighted by Crippen LogP contribution is 2.29. The molecule has 0 bridgehead atoms. The zero-order chi connectivity index (χ0) is 22.1. The van der Waals surface area contributed by atoms with Crippen LogP contribution in [0.15, 0.2) is 65.1 Å². The molecular formula is C26H22BrClN2O. The van der Waals surface area contributed by atoms with E-state index in [4.69, 9.17) is 16.6 Å². The molecule has 1 heterocycles. The van der Waals surface area contributed by atoms with Crippen molar-refractivity contribution in [1.82, 2.24) is 4.98 Å². The van der Waals surface area contributed by atoms with Crippen molar-refractivity contribution in [3.05, 3.63) is 92.4 Å². The van der Waals surface area contributed by atoms with Gasteiger partial charge in [-0.25, -0.2) is 4.98 Å². The first-order valence-corrected chi connectivity index (χ1v) is 11.3. The highest BCUT2D eigenvalue weighted by Gasteiger charge is 2.16. The van der Waals surface area contributed by atoms with Crippen LogP contribution in [0, 0.1) is 13.8 Å². The van der Waals surface area contributed by atoms with E-state index in [-0.39, 0.29) is 5.91 Å². The standard InChI is InChI=1S/C26H22BrClN2O/c1-4-17-5-10-23-20(13-17)21(14-25(29-23)18-6-8-19(28)9-7-18)26(31)30-24-12-15(2)22(27)11-16(24)3/h5-14H,4H2,1-3H3,(H,30,31). The number of aryl methyl sites for hydroxylation is 3. The number of benzene rings is 3. The van der Waals surface area contributed by atoms with E-state index in [0.717, 1.165) is 49.9 Å². The molecule has 0 aliphatic heterocycles. The summed E-state index contributed by atoms with van der Waals surface area (Å²) in [6.07, 6.45) is 0.890. The van der Waals surface area contributed by atoms with Crippen LogP contribution in [-0.2, 0) is 6.42 Å². The van der Waals surface area contributed by atoms with Crippen molar-refractivity contribution in [3.8, 4) is 11.3 Å². The maximum Gasteiger partial charge on any atom is 0.256 e. The van der Waals surface area contributed by atoms with Crippen LogP contribution in [0.2, 0.25) is 5.02 Å². The van der Waals surface area contributed by atoms with Crippen molar-refractivity contribution in [2.24, 2.45) is 0 Å². The molecule has 0 saturated heterocycles. The Balaban J connectivity index is 1.84. The van der Waals surface area contributed by atoms with Crippen LogP contribution < -0.4 is 5.32 Å². The van der Waals surface area contributed by atoms with Gasteiger partial charge in [0.25, 0.3) is 5.91 Å². The first-order chi connectivity index (χ1) is 14.9. The molecule has 0 radical (unpaired) electrons. The van der Waals surface area contributed by atoms with Crippen molar-refractivity contribution in [2.75, 3.05) is 5.32 Å². The number of carbonyl (C=O) groups excluding carboxylic acids is 1. The van der Waals surface area contributed by atoms with Gasteiger partial charge in [-0.3, -0.25) is 4.79 Å². The topological polar surface area (TPSA) is 42.0 Å². The van der Waals surface area contributed by atoms with Gasteiger partial charge in [0.15, 0.2) is 0 Å². The SMILES string of the molecule is CCc1ccc2nc(-c3ccc(Cl)cc3)cc(C(=O)Nc3cc(C)c(Br)cc3C)c2c1. The Bertz CT molecular complexity index is 1300. The molecule has 0 atom stereocenters. The third kappa shape index (κ3) is 4.51. The van der Waals surface area contributed by atoms with Gasteiger partial charge in [0, 0.05) is 26.1 Å². The number of nitrogens with zero attached hydrogens (tertiary/aromatic N) is 1. The molecule has 0 spiro atoms. The zero-order valence-corrected chi connectivity index (χ0v) is 19.9. The summed E-state index contributed by atoms with van der Waals surface area (Å²) in [5.74, 6) is -0.152. The number of aromatic nitrogens is 1. The molecule has 1 N–H and O–H groups in total. The van der Waals surface area contributed by atoms with Gasteiger partial charge in [0.05, 0.1) is 16.8 Å². The number of rotatable bonds is 4. The van der Waals surface area contributed by atoms with E-state index < -0.39 is 0 Å². The van der Waals surface area contributed by atoms with Crippen LogP contribution >= 0.6 is 27.5 Å². The van der Waals surface area contributed by atoms with Crippen LogP contribution in [0.4, 0.5) is 5.69 Å². The van der Waals surface area contributed by atoms with E-state index in [0.29, 0.717) is 10.6 Å². The molecule has 0 aliphatic rings. The molecule has 0 saturated carbocycles. The summed E-state index contributed by atoms with van der Waals surface area (Å²) in [4.78, 5) is 18.3. The summed E-state index contributed by atoms with van der Waals surface area (Å²) >= 11 is 9.60. The smallest absolute Gasteiger partial charge is 0.256 e. The first kappa shape index (κ1) is 21.5. The lowest BCUT2D eigenvalue weighted by molar-refractivity contribution is 0.102. The summed E-state index contributed by atoms with van der Waals surface area (Å²) in [6, 6.07) is 19.5. The third-order valence-corrected chi connectivity index (χ3v) is 6.53. The Morgan fingerprint density at radius 2 is 1.74 bits per heavy atom. The molecule has 0 fully saturated rings. The van der Waals surface area contributed by atoms with Gasteiger partial charge < -0.3 is 5.32 Å². The molecule has 0 unspecified atom stereocenters. The van der Waals surface area contributed by atoms with Crippen LogP contribution in [0.5, 0.6) is 0 Å². The maximum absolute atomic E-state index is 13.4. The van der Waals surface area contributed by atoms with Gasteiger partial charge in [-0.1, -0.05) is 52.7 Å². The molecule has 3 nitrogen and oxygen atoms in total. The minimum Gasteiger partial charge on any atom is -0.322 e. The average molecular weight is 494 g/mol. The van der Waals surface area contributed by atoms with Gasteiger partial charge in [0.1, 0.15) is 0 Å². The fraction of sp³-hybridized carbons (Fsp3) is 0.154. The van der Waals surface area contributed by atoms with Crippen LogP contribution in [0.3, 0.4) is 0 Å². The van der Waals surface area contributed by atoms with Crippen LogP contribution in [0.25, 0.3) is 22.2 Å². The van der Waals surface area contributed by atoms with Crippen LogP contribution in [0.1, 0.15) is 34.0 Å². The fourth-order valence-electron chi connectivity index (χ4n) is 3.55. The second-order valence-corrected chi connectivity index (χ2v) is 8.93. The Hall–Kier alpha value is -2.69. The number of halogens is 2. The molecule has 31 heavy (non-hydrogen) atoms. The van der Waals surface area contributed by atoms with Gasteiger partial charge in [0.2, 0.25) is 0 Å². The quantitative estimate of drug-likeness (QED) is 0.316. The predicted octanol–water partition coefficient (Wildman–Crippen LogP) is 7.75. The molecule has 4 aromatic rings. The normalized spacial score (nSPS) is 11.0. The van der Waals surface area contributed by atoms with Crippen molar-refractivity contribution in [2.45, 2.75) is 27.2 Å². The molecule has 3 aromatic carbocycles. The van der Waals surface area contributed by atoms with Gasteiger partial charge in [-0.2, -0.15) is 0 Å². The lowest BCUT2D eigenvalue weighted by Crippen LogP contribution is -2.14. The van der Waals surface area contributed by atoms with Crippen molar-refractivity contribution in [3.63, 3.8) is 0 Å². The second-order valence-electron chi connectivity index (χ2n) is 7.64. The predicted molar refractivity (Wildman–Crippen MR) is 133 cm³/mol. The molecule has 4 rings (SSSR count). The summed E-state index contributed by atoms with van der Waals surface area (Å²) in [5, 5.41) is 4.61. The van der Waals surface area contributed by atoms with E-state index in [9.17, 15) is 4.79 Å². The maximum atomic E-state index is 13.4. The highest BCUT2D eigenvalue weighted by molar-refractivity contribution is 9.10. The number of nitrogens with one attached hydrogen (secondary N) is 1. The first-order valence-electron chi connectivity index (χ1n) is 10.1. The summed E-state index contributed by atoms with van der Waals surface area (Å²) < 4.78 is 1.02. The molecule has 1 amide bonds. The number of pyridine rings is 1. The summed E-state index contributed by atoms with van der Waals surface area (Å²) in [6.45, 7) is 6.09. The second kappa shape index (κ2) is 8.81. The minimum absolute atomic E-state index is 0.152. The Morgan fingerprint density at radius 3 is 2.45 bits per heavy atom. The number of hydrogen-bond donors (Lipinski definition) is 1. The van der Waals surface area contributed by atoms with Crippen LogP contribution in [-0.4, -0.2) is 10.9 Å². The Kier molecular flexibility index (Phi) is 6.12. The van der Waals surface area contributed by atoms with E-state index >= 15 is 0 Å². The van der Waals surface area contributed by atoms with Crippen molar-refractivity contribution in [1.29, 1.82) is 0 Å². The number of hydrogen-bond acceptors (Lipinski definition) is 2. The minimum atomic E-state index is -0.152. The van der Waals surface area contributed by atoms with Crippen molar-refractivity contribution < 1.29 is 4.79 Å². The highest BCUT2D eigenvalue weighted by atomic mass is 79.9. The Labute approximate surface area is 195 Å². The molecule has 1 aromatic heterocycles. The fourth-order valence-corrected chi connectivity index (χ4v) is 4.14. The van der Waals surface area contributed by atoms with Gasteiger partial charge >= 0.3 is 0 Å². The molecule has 5 heteroatoms. The number of anilines is 1. The monoisotopic (exact) mass is 492 g/mol. The van der Waals surface area contributed by atoms with E-state index in [2.05, 4.69) is 40.3 Å². The van der Waals surface area contributed by atoms with E-state index in [1.165, 1.54) is 5.56 Å².